The van der Waals surface area contributed by atoms with E-state index in [0.29, 0.717) is 16.7 Å². The Balaban J connectivity index is 1.83. The summed E-state index contributed by atoms with van der Waals surface area (Å²) in [5, 5.41) is 6.83. The van der Waals surface area contributed by atoms with Crippen LogP contribution in [-0.4, -0.2) is 33.0 Å². The number of nitrogens with one attached hydrogen (secondary N) is 1. The van der Waals surface area contributed by atoms with Crippen molar-refractivity contribution in [1.82, 2.24) is 20.1 Å². The van der Waals surface area contributed by atoms with E-state index >= 15 is 0 Å². The zero-order valence-electron chi connectivity index (χ0n) is 17.7. The predicted molar refractivity (Wildman–Crippen MR) is 115 cm³/mol. The van der Waals surface area contributed by atoms with Crippen molar-refractivity contribution >= 4 is 17.7 Å². The van der Waals surface area contributed by atoms with Crippen molar-refractivity contribution in [3.05, 3.63) is 59.1 Å². The quantitative estimate of drug-likeness (QED) is 0.586. The Hall–Kier alpha value is -3.00. The number of ether oxygens (including phenoxy) is 1. The number of halogens is 3. The molecular weight excluding hydrogens is 426 g/mol. The second-order valence-corrected chi connectivity index (χ2v) is 8.48. The third kappa shape index (κ3) is 5.79. The maximum atomic E-state index is 14.7. The molecule has 0 spiro atoms. The number of hydrogen-bond donors (Lipinski definition) is 1. The van der Waals surface area contributed by atoms with E-state index in [1.807, 2.05) is 0 Å². The van der Waals surface area contributed by atoms with Crippen LogP contribution >= 0.6 is 11.6 Å². The van der Waals surface area contributed by atoms with Gasteiger partial charge in [0.2, 0.25) is 0 Å². The molecule has 2 aromatic heterocycles. The molecule has 0 atom stereocenters. The molecule has 1 amide bonds. The number of alkyl carbamates (subject to hydrolysis) is 1. The van der Waals surface area contributed by atoms with E-state index in [0.717, 1.165) is 0 Å². The van der Waals surface area contributed by atoms with E-state index in [-0.39, 0.29) is 29.2 Å². The molecule has 0 saturated heterocycles. The average molecular weight is 449 g/mol. The monoisotopic (exact) mass is 448 g/mol. The number of amides is 1. The molecule has 164 valence electrons. The summed E-state index contributed by atoms with van der Waals surface area (Å²) in [6, 6.07) is 4.04. The molecule has 0 fully saturated rings. The number of aryl methyl sites for hydroxylation is 1. The van der Waals surface area contributed by atoms with Gasteiger partial charge in [-0.1, -0.05) is 11.6 Å². The van der Waals surface area contributed by atoms with Gasteiger partial charge in [0.05, 0.1) is 11.9 Å². The van der Waals surface area contributed by atoms with Crippen molar-refractivity contribution in [3.63, 3.8) is 0 Å². The number of aromatic nitrogens is 3. The number of carbonyl (C=O) groups excluding carboxylic acids is 1. The van der Waals surface area contributed by atoms with Gasteiger partial charge in [0, 0.05) is 54.1 Å². The first-order valence-corrected chi connectivity index (χ1v) is 10.0. The lowest BCUT2D eigenvalue weighted by Crippen LogP contribution is -2.33. The van der Waals surface area contributed by atoms with Crippen molar-refractivity contribution in [3.8, 4) is 22.3 Å². The number of rotatable bonds is 5. The van der Waals surface area contributed by atoms with Gasteiger partial charge in [0.25, 0.3) is 0 Å². The zero-order chi connectivity index (χ0) is 22.8. The van der Waals surface area contributed by atoms with Crippen LogP contribution in [0.1, 0.15) is 26.5 Å². The van der Waals surface area contributed by atoms with Crippen LogP contribution in [0.25, 0.3) is 22.3 Å². The second-order valence-electron chi connectivity index (χ2n) is 8.04. The van der Waals surface area contributed by atoms with Crippen LogP contribution in [0.15, 0.2) is 36.8 Å². The molecular formula is C22H23ClF2N4O2. The number of benzene rings is 1. The minimum absolute atomic E-state index is 0.158. The van der Waals surface area contributed by atoms with Crippen molar-refractivity contribution in [2.24, 2.45) is 7.05 Å². The predicted octanol–water partition coefficient (Wildman–Crippen LogP) is 5.15. The van der Waals surface area contributed by atoms with Crippen LogP contribution in [0, 0.1) is 11.6 Å². The van der Waals surface area contributed by atoms with Gasteiger partial charge >= 0.3 is 6.09 Å². The van der Waals surface area contributed by atoms with E-state index in [4.69, 9.17) is 16.3 Å². The Bertz CT molecular complexity index is 1110. The molecule has 0 unspecified atom stereocenters. The maximum absolute atomic E-state index is 14.7. The van der Waals surface area contributed by atoms with Gasteiger partial charge in [-0.15, -0.1) is 0 Å². The Kier molecular flexibility index (Phi) is 6.59. The number of nitrogens with zero attached hydrogens (tertiary/aromatic N) is 3. The number of carbonyl (C=O) groups is 1. The summed E-state index contributed by atoms with van der Waals surface area (Å²) in [6.45, 7) is 5.42. The highest BCUT2D eigenvalue weighted by molar-refractivity contribution is 6.31. The third-order valence-electron chi connectivity index (χ3n) is 4.31. The molecule has 1 aromatic carbocycles. The van der Waals surface area contributed by atoms with Gasteiger partial charge in [-0.2, -0.15) is 5.10 Å². The molecule has 2 heterocycles. The van der Waals surface area contributed by atoms with Gasteiger partial charge < -0.3 is 10.1 Å². The van der Waals surface area contributed by atoms with Crippen molar-refractivity contribution in [2.45, 2.75) is 32.8 Å². The van der Waals surface area contributed by atoms with Crippen LogP contribution in [0.5, 0.6) is 0 Å². The molecule has 0 aliphatic rings. The molecule has 3 aromatic rings. The lowest BCUT2D eigenvalue weighted by molar-refractivity contribution is 0.0528. The Morgan fingerprint density at radius 3 is 2.52 bits per heavy atom. The number of pyridine rings is 1. The van der Waals surface area contributed by atoms with Gasteiger partial charge in [0.1, 0.15) is 17.2 Å². The average Bonchev–Trinajstić information content (AvgIpc) is 3.06. The molecule has 3 rings (SSSR count). The topological polar surface area (TPSA) is 69.0 Å². The second kappa shape index (κ2) is 9.01. The van der Waals surface area contributed by atoms with Gasteiger partial charge in [-0.05, 0) is 44.5 Å². The summed E-state index contributed by atoms with van der Waals surface area (Å²) in [6.07, 6.45) is 4.23. The molecule has 0 radical (unpaired) electrons. The van der Waals surface area contributed by atoms with Gasteiger partial charge in [0.15, 0.2) is 0 Å². The highest BCUT2D eigenvalue weighted by Gasteiger charge is 2.18. The highest BCUT2D eigenvalue weighted by Crippen LogP contribution is 2.36. The minimum Gasteiger partial charge on any atom is -0.444 e. The number of hydrogen-bond acceptors (Lipinski definition) is 4. The fourth-order valence-corrected chi connectivity index (χ4v) is 3.24. The van der Waals surface area contributed by atoms with E-state index in [1.165, 1.54) is 24.5 Å². The Morgan fingerprint density at radius 2 is 1.90 bits per heavy atom. The standard InChI is InChI=1S/C22H23ClF2N4O2/c1-22(2,3)31-21(30)26-6-5-19-17(24)7-13(10-27-19)16-8-15(23)9-18(25)20(16)14-11-28-29(4)12-14/h7-12H,5-6H2,1-4H3,(H,26,30). The molecule has 0 aliphatic carbocycles. The van der Waals surface area contributed by atoms with Crippen molar-refractivity contribution in [1.29, 1.82) is 0 Å². The summed E-state index contributed by atoms with van der Waals surface area (Å²) in [5.41, 5.74) is 1.14. The summed E-state index contributed by atoms with van der Waals surface area (Å²) in [4.78, 5) is 15.9. The van der Waals surface area contributed by atoms with Crippen LogP contribution in [0.3, 0.4) is 0 Å². The van der Waals surface area contributed by atoms with Crippen LogP contribution in [0.2, 0.25) is 5.02 Å². The van der Waals surface area contributed by atoms with Crippen molar-refractivity contribution in [2.75, 3.05) is 6.54 Å². The normalized spacial score (nSPS) is 11.5. The molecule has 1 N–H and O–H groups in total. The first-order chi connectivity index (χ1) is 14.5. The zero-order valence-corrected chi connectivity index (χ0v) is 18.4. The van der Waals surface area contributed by atoms with E-state index in [1.54, 1.807) is 44.8 Å². The molecule has 0 aliphatic heterocycles. The first-order valence-electron chi connectivity index (χ1n) is 9.63. The molecule has 0 saturated carbocycles. The van der Waals surface area contributed by atoms with Crippen LogP contribution in [-0.2, 0) is 18.2 Å². The maximum Gasteiger partial charge on any atom is 0.407 e. The van der Waals surface area contributed by atoms with Gasteiger partial charge in [-0.25, -0.2) is 13.6 Å². The van der Waals surface area contributed by atoms with Crippen LogP contribution < -0.4 is 5.32 Å². The lowest BCUT2D eigenvalue weighted by atomic mass is 9.96. The molecule has 9 heteroatoms. The Labute approximate surface area is 184 Å². The molecule has 0 bridgehead atoms. The fraction of sp³-hybridized carbons (Fsp3) is 0.318. The third-order valence-corrected chi connectivity index (χ3v) is 4.53. The SMILES string of the molecule is Cn1cc(-c2c(F)cc(Cl)cc2-c2cnc(CCNC(=O)OC(C)(C)C)c(F)c2)cn1. The smallest absolute Gasteiger partial charge is 0.407 e. The Morgan fingerprint density at radius 1 is 1.16 bits per heavy atom. The van der Waals surface area contributed by atoms with E-state index < -0.39 is 23.3 Å². The lowest BCUT2D eigenvalue weighted by Gasteiger charge is -2.19. The minimum atomic E-state index is -0.618. The summed E-state index contributed by atoms with van der Waals surface area (Å²) >= 11 is 6.05. The highest BCUT2D eigenvalue weighted by atomic mass is 35.5. The van der Waals surface area contributed by atoms with Crippen LogP contribution in [0.4, 0.5) is 13.6 Å². The van der Waals surface area contributed by atoms with E-state index in [2.05, 4.69) is 15.4 Å². The molecule has 6 nitrogen and oxygen atoms in total. The summed E-state index contributed by atoms with van der Waals surface area (Å²) in [5.74, 6) is -1.11. The summed E-state index contributed by atoms with van der Waals surface area (Å²) in [7, 11) is 1.72. The van der Waals surface area contributed by atoms with E-state index in [9.17, 15) is 13.6 Å². The molecule has 31 heavy (non-hydrogen) atoms. The first kappa shape index (κ1) is 22.7. The summed E-state index contributed by atoms with van der Waals surface area (Å²) < 4.78 is 36.2. The van der Waals surface area contributed by atoms with Gasteiger partial charge in [-0.3, -0.25) is 9.67 Å². The van der Waals surface area contributed by atoms with Crippen molar-refractivity contribution < 1.29 is 18.3 Å². The largest absolute Gasteiger partial charge is 0.444 e. The fourth-order valence-electron chi connectivity index (χ4n) is 3.04.